The van der Waals surface area contributed by atoms with Crippen LogP contribution in [0.5, 0.6) is 0 Å². The summed E-state index contributed by atoms with van der Waals surface area (Å²) in [7, 11) is 3.02. The lowest BCUT2D eigenvalue weighted by molar-refractivity contribution is -0.154. The second-order valence-corrected chi connectivity index (χ2v) is 5.21. The molecule has 0 saturated heterocycles. The van der Waals surface area contributed by atoms with Crippen LogP contribution in [-0.2, 0) is 14.4 Å². The lowest BCUT2D eigenvalue weighted by Crippen LogP contribution is -2.53. The topological polar surface area (TPSA) is 107 Å². The highest BCUT2D eigenvalue weighted by Gasteiger charge is 2.36. The number of carboxylic acids is 2. The molecule has 0 bridgehead atoms. The van der Waals surface area contributed by atoms with Crippen molar-refractivity contribution in [1.29, 1.82) is 0 Å². The van der Waals surface area contributed by atoms with Gasteiger partial charge in [-0.15, -0.1) is 0 Å². The summed E-state index contributed by atoms with van der Waals surface area (Å²) in [5.41, 5.74) is 0. The van der Waals surface area contributed by atoms with Gasteiger partial charge in [0, 0.05) is 7.05 Å². The average Bonchev–Trinajstić information content (AvgIpc) is 2.89. The molecule has 2 atom stereocenters. The number of rotatable bonds is 7. The Morgan fingerprint density at radius 3 is 2.20 bits per heavy atom. The smallest absolute Gasteiger partial charge is 0.327 e. The van der Waals surface area contributed by atoms with Gasteiger partial charge in [0.15, 0.2) is 0 Å². The van der Waals surface area contributed by atoms with Crippen LogP contribution in [0.4, 0.5) is 0 Å². The molecule has 1 unspecified atom stereocenters. The third kappa shape index (κ3) is 3.93. The number of aliphatic carboxylic acids is 2. The van der Waals surface area contributed by atoms with Gasteiger partial charge in [0.25, 0.3) is 0 Å². The van der Waals surface area contributed by atoms with Gasteiger partial charge in [0.05, 0.1) is 12.5 Å². The zero-order valence-corrected chi connectivity index (χ0v) is 11.8. The Labute approximate surface area is 117 Å². The number of amides is 1. The maximum Gasteiger partial charge on any atom is 0.327 e. The van der Waals surface area contributed by atoms with E-state index < -0.39 is 30.4 Å². The second-order valence-electron chi connectivity index (χ2n) is 5.21. The Hall–Kier alpha value is -1.63. The highest BCUT2D eigenvalue weighted by Crippen LogP contribution is 2.28. The number of carbonyl (C=O) groups is 3. The van der Waals surface area contributed by atoms with Crippen LogP contribution in [0.2, 0.25) is 0 Å². The predicted molar refractivity (Wildman–Crippen MR) is 71.3 cm³/mol. The molecule has 3 N–H and O–H groups in total. The number of carbonyl (C=O) groups excluding carboxylic acids is 1. The van der Waals surface area contributed by atoms with Crippen LogP contribution in [0.25, 0.3) is 0 Å². The lowest BCUT2D eigenvalue weighted by Gasteiger charge is -2.30. The third-order valence-electron chi connectivity index (χ3n) is 3.92. The minimum Gasteiger partial charge on any atom is -0.481 e. The molecule has 20 heavy (non-hydrogen) atoms. The van der Waals surface area contributed by atoms with Gasteiger partial charge in [-0.25, -0.2) is 4.79 Å². The molecule has 0 heterocycles. The standard InChI is InChI=1S/C13H22N2O5/c1-14-11(8-5-3-4-6-8)12(18)15(2)9(13(19)20)7-10(16)17/h8-9,11,14H,3-7H2,1-2H3,(H,16,17)(H,19,20)/t9-,11?/m0/s1. The van der Waals surface area contributed by atoms with Crippen molar-refractivity contribution < 1.29 is 24.6 Å². The van der Waals surface area contributed by atoms with Crippen molar-refractivity contribution in [3.05, 3.63) is 0 Å². The molecule has 0 spiro atoms. The van der Waals surface area contributed by atoms with Gasteiger partial charge < -0.3 is 20.4 Å². The summed E-state index contributed by atoms with van der Waals surface area (Å²) in [6, 6.07) is -1.78. The number of hydrogen-bond donors (Lipinski definition) is 3. The highest BCUT2D eigenvalue weighted by molar-refractivity contribution is 5.89. The van der Waals surface area contributed by atoms with E-state index in [1.54, 1.807) is 7.05 Å². The number of nitrogens with zero attached hydrogens (tertiary/aromatic N) is 1. The van der Waals surface area contributed by atoms with Crippen LogP contribution >= 0.6 is 0 Å². The van der Waals surface area contributed by atoms with Gasteiger partial charge in [0.1, 0.15) is 6.04 Å². The number of carboxylic acid groups (broad SMARTS) is 2. The first-order valence-corrected chi connectivity index (χ1v) is 6.77. The van der Waals surface area contributed by atoms with Gasteiger partial charge in [-0.2, -0.15) is 0 Å². The molecule has 1 saturated carbocycles. The van der Waals surface area contributed by atoms with Crippen LogP contribution in [0.3, 0.4) is 0 Å². The van der Waals surface area contributed by atoms with Crippen LogP contribution < -0.4 is 5.32 Å². The van der Waals surface area contributed by atoms with E-state index in [1.807, 2.05) is 0 Å². The summed E-state index contributed by atoms with van der Waals surface area (Å²) in [6.07, 6.45) is 3.40. The quantitative estimate of drug-likeness (QED) is 0.615. The van der Waals surface area contributed by atoms with Crippen molar-refractivity contribution in [3.8, 4) is 0 Å². The summed E-state index contributed by atoms with van der Waals surface area (Å²) in [5, 5.41) is 20.8. The van der Waals surface area contributed by atoms with Crippen molar-refractivity contribution in [2.24, 2.45) is 5.92 Å². The molecule has 1 aliphatic carbocycles. The molecule has 0 aromatic carbocycles. The molecular weight excluding hydrogens is 264 g/mol. The van der Waals surface area contributed by atoms with Crippen molar-refractivity contribution >= 4 is 17.8 Å². The van der Waals surface area contributed by atoms with Crippen molar-refractivity contribution in [1.82, 2.24) is 10.2 Å². The summed E-state index contributed by atoms with van der Waals surface area (Å²) in [4.78, 5) is 35.3. The van der Waals surface area contributed by atoms with Gasteiger partial charge in [0.2, 0.25) is 5.91 Å². The Kier molecular flexibility index (Phi) is 5.94. The summed E-state index contributed by atoms with van der Waals surface area (Å²) < 4.78 is 0. The van der Waals surface area contributed by atoms with E-state index in [2.05, 4.69) is 5.32 Å². The maximum atomic E-state index is 12.4. The molecule has 114 valence electrons. The molecular formula is C13H22N2O5. The molecule has 0 radical (unpaired) electrons. The van der Waals surface area contributed by atoms with Crippen LogP contribution in [0.15, 0.2) is 0 Å². The van der Waals surface area contributed by atoms with Gasteiger partial charge in [-0.05, 0) is 25.8 Å². The molecule has 0 aromatic rings. The fourth-order valence-corrected chi connectivity index (χ4v) is 2.78. The molecule has 7 nitrogen and oxygen atoms in total. The zero-order valence-electron chi connectivity index (χ0n) is 11.8. The lowest BCUT2D eigenvalue weighted by atomic mass is 9.96. The molecule has 0 aromatic heterocycles. The summed E-state index contributed by atoms with van der Waals surface area (Å²) in [6.45, 7) is 0. The van der Waals surface area contributed by atoms with Crippen molar-refractivity contribution in [2.45, 2.75) is 44.2 Å². The van der Waals surface area contributed by atoms with Gasteiger partial charge in [-0.3, -0.25) is 9.59 Å². The van der Waals surface area contributed by atoms with E-state index in [0.29, 0.717) is 0 Å². The fraction of sp³-hybridized carbons (Fsp3) is 0.769. The largest absolute Gasteiger partial charge is 0.481 e. The van der Waals surface area contributed by atoms with E-state index in [4.69, 9.17) is 10.2 Å². The predicted octanol–water partition coefficient (Wildman–Crippen LogP) is 0.151. The van der Waals surface area contributed by atoms with Gasteiger partial charge in [-0.1, -0.05) is 12.8 Å². The molecule has 1 fully saturated rings. The maximum absolute atomic E-state index is 12.4. The second kappa shape index (κ2) is 7.23. The molecule has 1 rings (SSSR count). The van der Waals surface area contributed by atoms with Crippen molar-refractivity contribution in [3.63, 3.8) is 0 Å². The highest BCUT2D eigenvalue weighted by atomic mass is 16.4. The number of nitrogens with one attached hydrogen (secondary N) is 1. The van der Waals surface area contributed by atoms with E-state index in [-0.39, 0.29) is 11.8 Å². The Morgan fingerprint density at radius 1 is 1.25 bits per heavy atom. The SMILES string of the molecule is CNC(C(=O)N(C)[C@@H](CC(=O)O)C(=O)O)C1CCCC1. The molecule has 1 amide bonds. The Balaban J connectivity index is 2.80. The van der Waals surface area contributed by atoms with Crippen LogP contribution in [-0.4, -0.2) is 59.1 Å². The third-order valence-corrected chi connectivity index (χ3v) is 3.92. The summed E-state index contributed by atoms with van der Waals surface area (Å²) in [5.74, 6) is -2.70. The van der Waals surface area contributed by atoms with E-state index in [0.717, 1.165) is 30.6 Å². The number of hydrogen-bond acceptors (Lipinski definition) is 4. The van der Waals surface area contributed by atoms with Crippen molar-refractivity contribution in [2.75, 3.05) is 14.1 Å². The van der Waals surface area contributed by atoms with E-state index >= 15 is 0 Å². The summed E-state index contributed by atoms with van der Waals surface area (Å²) >= 11 is 0. The minimum atomic E-state index is -1.34. The zero-order chi connectivity index (χ0) is 15.3. The number of likely N-dealkylation sites (N-methyl/N-ethyl adjacent to an activating group) is 2. The molecule has 0 aliphatic heterocycles. The molecule has 1 aliphatic rings. The normalized spacial score (nSPS) is 18.5. The van der Waals surface area contributed by atoms with Crippen LogP contribution in [0.1, 0.15) is 32.1 Å². The van der Waals surface area contributed by atoms with E-state index in [1.165, 1.54) is 7.05 Å². The Morgan fingerprint density at radius 2 is 1.80 bits per heavy atom. The fourth-order valence-electron chi connectivity index (χ4n) is 2.78. The first kappa shape index (κ1) is 16.4. The monoisotopic (exact) mass is 286 g/mol. The average molecular weight is 286 g/mol. The van der Waals surface area contributed by atoms with Gasteiger partial charge >= 0.3 is 11.9 Å². The first-order chi connectivity index (χ1) is 9.38. The van der Waals surface area contributed by atoms with E-state index in [9.17, 15) is 14.4 Å². The first-order valence-electron chi connectivity index (χ1n) is 6.77. The molecule has 7 heteroatoms. The minimum absolute atomic E-state index is 0.189. The van der Waals surface area contributed by atoms with Crippen LogP contribution in [0, 0.1) is 5.92 Å². The Bertz CT molecular complexity index is 379.